The molecule has 0 aliphatic heterocycles. The van der Waals surface area contributed by atoms with Gasteiger partial charge >= 0.3 is 5.97 Å². The molecule has 2 rings (SSSR count). The monoisotopic (exact) mass is 343 g/mol. The summed E-state index contributed by atoms with van der Waals surface area (Å²) >= 11 is 7.38. The first-order valence-corrected chi connectivity index (χ1v) is 8.96. The second-order valence-electron chi connectivity index (χ2n) is 4.25. The molecule has 21 heavy (non-hydrogen) atoms. The Hall–Kier alpha value is -1.24. The highest BCUT2D eigenvalue weighted by Crippen LogP contribution is 2.17. The van der Waals surface area contributed by atoms with Crippen LogP contribution in [0.5, 0.6) is 0 Å². The predicted octanol–water partition coefficient (Wildman–Crippen LogP) is 3.07. The minimum atomic E-state index is -1.04. The summed E-state index contributed by atoms with van der Waals surface area (Å²) in [6.07, 6.45) is 0.654. The van der Waals surface area contributed by atoms with Gasteiger partial charge in [0.05, 0.1) is 12.9 Å². The molecule has 0 amide bonds. The average molecular weight is 344 g/mol. The third-order valence-corrected chi connectivity index (χ3v) is 5.44. The average Bonchev–Trinajstić information content (AvgIpc) is 2.94. The smallest absolute Gasteiger partial charge is 0.357 e. The van der Waals surface area contributed by atoms with Crippen LogP contribution in [-0.2, 0) is 27.7 Å². The summed E-state index contributed by atoms with van der Waals surface area (Å²) in [4.78, 5) is 15.4. The summed E-state index contributed by atoms with van der Waals surface area (Å²) < 4.78 is 16.7. The molecule has 2 aromatic rings. The van der Waals surface area contributed by atoms with Crippen molar-refractivity contribution in [2.75, 3.05) is 12.9 Å². The fourth-order valence-electron chi connectivity index (χ4n) is 1.71. The van der Waals surface area contributed by atoms with Gasteiger partial charge in [0.2, 0.25) is 0 Å². The van der Waals surface area contributed by atoms with Crippen molar-refractivity contribution in [3.05, 3.63) is 50.9 Å². The van der Waals surface area contributed by atoms with Crippen molar-refractivity contribution < 1.29 is 13.7 Å². The number of ether oxygens (including phenoxy) is 1. The molecule has 7 heteroatoms. The van der Waals surface area contributed by atoms with Gasteiger partial charge in [0, 0.05) is 27.0 Å². The fraction of sp³-hybridized carbons (Fsp3) is 0.286. The molecule has 0 fully saturated rings. The van der Waals surface area contributed by atoms with Crippen LogP contribution < -0.4 is 0 Å². The number of carbonyl (C=O) groups excluding carboxylic acids is 1. The van der Waals surface area contributed by atoms with Gasteiger partial charge in [-0.05, 0) is 18.1 Å². The van der Waals surface area contributed by atoms with Gasteiger partial charge in [-0.25, -0.2) is 9.78 Å². The Bertz CT molecular complexity index is 657. The third-order valence-electron chi connectivity index (χ3n) is 2.79. The first kappa shape index (κ1) is 16.1. The molecule has 1 aromatic heterocycles. The van der Waals surface area contributed by atoms with Crippen molar-refractivity contribution in [1.29, 1.82) is 0 Å². The molecular weight excluding hydrogens is 330 g/mol. The van der Waals surface area contributed by atoms with E-state index in [1.54, 1.807) is 5.38 Å². The maximum Gasteiger partial charge on any atom is 0.357 e. The van der Waals surface area contributed by atoms with Gasteiger partial charge in [0.25, 0.3) is 0 Å². The van der Waals surface area contributed by atoms with E-state index in [-0.39, 0.29) is 5.69 Å². The second-order valence-corrected chi connectivity index (χ2v) is 7.17. The molecule has 0 saturated heterocycles. The fourth-order valence-corrected chi connectivity index (χ4v) is 4.09. The van der Waals surface area contributed by atoms with E-state index in [0.717, 1.165) is 5.56 Å². The van der Waals surface area contributed by atoms with Crippen LogP contribution in [0.2, 0.25) is 5.02 Å². The van der Waals surface area contributed by atoms with Crippen molar-refractivity contribution in [2.24, 2.45) is 0 Å². The van der Waals surface area contributed by atoms with Crippen molar-refractivity contribution in [3.63, 3.8) is 0 Å². The largest absolute Gasteiger partial charge is 0.464 e. The van der Waals surface area contributed by atoms with Gasteiger partial charge in [0.15, 0.2) is 5.69 Å². The molecule has 1 unspecified atom stereocenters. The standard InChI is InChI=1S/C14H14ClNO3S2/c1-19-14(17)12-8-20-13(16-12)9-21(18)7-6-10-4-2-3-5-11(10)15/h2-5,8H,6-7,9H2,1H3. The molecule has 0 bridgehead atoms. The number of aromatic nitrogens is 1. The Kier molecular flexibility index (Phi) is 5.90. The molecule has 0 aliphatic carbocycles. The lowest BCUT2D eigenvalue weighted by atomic mass is 10.2. The highest BCUT2D eigenvalue weighted by atomic mass is 35.5. The topological polar surface area (TPSA) is 56.3 Å². The second kappa shape index (κ2) is 7.68. The lowest BCUT2D eigenvalue weighted by molar-refractivity contribution is 0.0594. The Balaban J connectivity index is 1.89. The normalized spacial score (nSPS) is 12.1. The molecule has 0 radical (unpaired) electrons. The summed E-state index contributed by atoms with van der Waals surface area (Å²) in [5, 5.41) is 2.98. The van der Waals surface area contributed by atoms with E-state index in [1.807, 2.05) is 24.3 Å². The number of esters is 1. The number of benzene rings is 1. The van der Waals surface area contributed by atoms with Crippen molar-refractivity contribution >= 4 is 39.7 Å². The Labute approximate surface area is 134 Å². The van der Waals surface area contributed by atoms with Crippen molar-refractivity contribution in [1.82, 2.24) is 4.98 Å². The van der Waals surface area contributed by atoms with Gasteiger partial charge < -0.3 is 4.74 Å². The van der Waals surface area contributed by atoms with E-state index >= 15 is 0 Å². The highest BCUT2D eigenvalue weighted by molar-refractivity contribution is 7.84. The lowest BCUT2D eigenvalue weighted by Crippen LogP contribution is -2.05. The van der Waals surface area contributed by atoms with Gasteiger partial charge in [0.1, 0.15) is 5.01 Å². The first-order valence-electron chi connectivity index (χ1n) is 6.21. The van der Waals surface area contributed by atoms with Crippen LogP contribution in [0.1, 0.15) is 21.1 Å². The molecule has 4 nitrogen and oxygen atoms in total. The van der Waals surface area contributed by atoms with Crippen LogP contribution in [-0.4, -0.2) is 28.0 Å². The number of hydrogen-bond donors (Lipinski definition) is 0. The number of hydrogen-bond acceptors (Lipinski definition) is 5. The molecular formula is C14H14ClNO3S2. The number of nitrogens with zero attached hydrogens (tertiary/aromatic N) is 1. The number of thiazole rings is 1. The van der Waals surface area contributed by atoms with Gasteiger partial charge in [-0.15, -0.1) is 11.3 Å². The SMILES string of the molecule is COC(=O)c1csc(CS(=O)CCc2ccccc2Cl)n1. The van der Waals surface area contributed by atoms with E-state index in [2.05, 4.69) is 9.72 Å². The molecule has 0 N–H and O–H groups in total. The van der Waals surface area contributed by atoms with Gasteiger partial charge in [-0.1, -0.05) is 29.8 Å². The molecule has 1 heterocycles. The predicted molar refractivity (Wildman–Crippen MR) is 85.3 cm³/mol. The van der Waals surface area contributed by atoms with Gasteiger partial charge in [-0.2, -0.15) is 0 Å². The Morgan fingerprint density at radius 3 is 2.90 bits per heavy atom. The third kappa shape index (κ3) is 4.62. The van der Waals surface area contributed by atoms with Crippen molar-refractivity contribution in [3.8, 4) is 0 Å². The molecule has 1 aromatic carbocycles. The summed E-state index contributed by atoms with van der Waals surface area (Å²) in [5.41, 5.74) is 1.25. The number of aryl methyl sites for hydroxylation is 1. The minimum Gasteiger partial charge on any atom is -0.464 e. The van der Waals surface area contributed by atoms with E-state index in [4.69, 9.17) is 11.6 Å². The van der Waals surface area contributed by atoms with Crippen LogP contribution in [0.4, 0.5) is 0 Å². The Morgan fingerprint density at radius 1 is 1.43 bits per heavy atom. The molecule has 0 saturated carbocycles. The Morgan fingerprint density at radius 2 is 2.19 bits per heavy atom. The summed E-state index contributed by atoms with van der Waals surface area (Å²) in [6.45, 7) is 0. The van der Waals surface area contributed by atoms with Crippen LogP contribution in [0.15, 0.2) is 29.6 Å². The zero-order valence-corrected chi connectivity index (χ0v) is 13.8. The minimum absolute atomic E-state index is 0.264. The lowest BCUT2D eigenvalue weighted by Gasteiger charge is -2.03. The number of halogens is 1. The summed E-state index contributed by atoms with van der Waals surface area (Å²) in [7, 11) is 0.264. The van der Waals surface area contributed by atoms with Crippen LogP contribution >= 0.6 is 22.9 Å². The molecule has 0 aliphatic rings. The highest BCUT2D eigenvalue weighted by Gasteiger charge is 2.12. The van der Waals surface area contributed by atoms with E-state index in [0.29, 0.717) is 28.0 Å². The number of rotatable bonds is 6. The van der Waals surface area contributed by atoms with Crippen LogP contribution in [0.3, 0.4) is 0 Å². The maximum absolute atomic E-state index is 12.1. The van der Waals surface area contributed by atoms with Gasteiger partial charge in [-0.3, -0.25) is 4.21 Å². The van der Waals surface area contributed by atoms with Crippen LogP contribution in [0.25, 0.3) is 0 Å². The van der Waals surface area contributed by atoms with Crippen molar-refractivity contribution in [2.45, 2.75) is 12.2 Å². The zero-order chi connectivity index (χ0) is 15.2. The van der Waals surface area contributed by atoms with E-state index < -0.39 is 16.8 Å². The molecule has 1 atom stereocenters. The summed E-state index contributed by atoms with van der Waals surface area (Å²) in [6, 6.07) is 7.53. The summed E-state index contributed by atoms with van der Waals surface area (Å²) in [5.74, 6) is 0.377. The molecule has 0 spiro atoms. The van der Waals surface area contributed by atoms with E-state index in [1.165, 1.54) is 18.4 Å². The molecule has 112 valence electrons. The zero-order valence-electron chi connectivity index (χ0n) is 11.4. The van der Waals surface area contributed by atoms with E-state index in [9.17, 15) is 9.00 Å². The number of carbonyl (C=O) groups is 1. The van der Waals surface area contributed by atoms with Crippen LogP contribution in [0, 0.1) is 0 Å². The maximum atomic E-state index is 12.1. The first-order chi connectivity index (χ1) is 10.1. The number of methoxy groups -OCH3 is 1. The quantitative estimate of drug-likeness (QED) is 0.756.